The first-order valence-electron chi connectivity index (χ1n) is 7.58. The van der Waals surface area contributed by atoms with E-state index in [9.17, 15) is 0 Å². The Bertz CT molecular complexity index is 393. The van der Waals surface area contributed by atoms with Crippen molar-refractivity contribution in [3.05, 3.63) is 34.9 Å². The number of nitrogens with one attached hydrogen (secondary N) is 1. The molecule has 3 nitrogen and oxygen atoms in total. The van der Waals surface area contributed by atoms with Crippen molar-refractivity contribution in [1.82, 2.24) is 5.32 Å². The second kappa shape index (κ2) is 9.11. The molecule has 1 aromatic rings. The van der Waals surface area contributed by atoms with E-state index in [-0.39, 0.29) is 12.1 Å². The lowest BCUT2D eigenvalue weighted by atomic mass is 10.0. The van der Waals surface area contributed by atoms with E-state index in [0.29, 0.717) is 13.2 Å². The van der Waals surface area contributed by atoms with E-state index >= 15 is 0 Å². The van der Waals surface area contributed by atoms with Crippen LogP contribution in [0.2, 0.25) is 0 Å². The Kier molecular flexibility index (Phi) is 7.82. The Morgan fingerprint density at radius 2 is 1.85 bits per heavy atom. The predicted molar refractivity (Wildman–Crippen MR) is 84.2 cm³/mol. The molecule has 0 heterocycles. The quantitative estimate of drug-likeness (QED) is 0.751. The minimum atomic E-state index is 0.127. The maximum atomic E-state index is 5.90. The average molecular weight is 279 g/mol. The number of ether oxygens (including phenoxy) is 2. The molecule has 1 rings (SSSR count). The van der Waals surface area contributed by atoms with Crippen molar-refractivity contribution in [3.8, 4) is 0 Å². The van der Waals surface area contributed by atoms with Crippen molar-refractivity contribution in [2.45, 2.75) is 46.8 Å². The van der Waals surface area contributed by atoms with Gasteiger partial charge in [-0.3, -0.25) is 0 Å². The summed E-state index contributed by atoms with van der Waals surface area (Å²) in [6.45, 7) is 13.5. The fraction of sp³-hybridized carbons (Fsp3) is 0.647. The number of benzene rings is 1. The third kappa shape index (κ3) is 5.61. The van der Waals surface area contributed by atoms with Gasteiger partial charge in [0, 0.05) is 6.61 Å². The fourth-order valence-electron chi connectivity index (χ4n) is 2.09. The van der Waals surface area contributed by atoms with E-state index in [0.717, 1.165) is 13.2 Å². The summed E-state index contributed by atoms with van der Waals surface area (Å²) in [6.07, 6.45) is 0.127. The molecule has 0 aliphatic heterocycles. The smallest absolute Gasteiger partial charge is 0.0781 e. The first-order valence-corrected chi connectivity index (χ1v) is 7.58. The highest BCUT2D eigenvalue weighted by Crippen LogP contribution is 2.18. The van der Waals surface area contributed by atoms with Crippen LogP contribution in [0, 0.1) is 13.8 Å². The van der Waals surface area contributed by atoms with Gasteiger partial charge >= 0.3 is 0 Å². The summed E-state index contributed by atoms with van der Waals surface area (Å²) in [4.78, 5) is 0. The number of rotatable bonds is 9. The lowest BCUT2D eigenvalue weighted by Gasteiger charge is -2.22. The van der Waals surface area contributed by atoms with Gasteiger partial charge in [0.1, 0.15) is 0 Å². The highest BCUT2D eigenvalue weighted by molar-refractivity contribution is 5.31. The van der Waals surface area contributed by atoms with Crippen molar-refractivity contribution >= 4 is 0 Å². The van der Waals surface area contributed by atoms with Gasteiger partial charge in [-0.25, -0.2) is 0 Å². The van der Waals surface area contributed by atoms with Crippen LogP contribution in [0.5, 0.6) is 0 Å². The molecule has 0 amide bonds. The monoisotopic (exact) mass is 279 g/mol. The first kappa shape index (κ1) is 17.2. The van der Waals surface area contributed by atoms with Crippen LogP contribution in [0.3, 0.4) is 0 Å². The SMILES string of the molecule is CCNC(COC(C)COCC)c1ccc(C)c(C)c1. The number of hydrogen-bond donors (Lipinski definition) is 1. The second-order valence-corrected chi connectivity index (χ2v) is 5.26. The highest BCUT2D eigenvalue weighted by atomic mass is 16.5. The Labute approximate surface area is 123 Å². The van der Waals surface area contributed by atoms with Gasteiger partial charge in [-0.1, -0.05) is 25.1 Å². The third-order valence-corrected chi connectivity index (χ3v) is 3.49. The lowest BCUT2D eigenvalue weighted by molar-refractivity contribution is -0.0115. The van der Waals surface area contributed by atoms with Crippen LogP contribution in [0.1, 0.15) is 43.5 Å². The Morgan fingerprint density at radius 1 is 1.10 bits per heavy atom. The van der Waals surface area contributed by atoms with E-state index in [4.69, 9.17) is 9.47 Å². The van der Waals surface area contributed by atoms with Gasteiger partial charge in [0.2, 0.25) is 0 Å². The molecule has 20 heavy (non-hydrogen) atoms. The molecule has 0 fully saturated rings. The minimum absolute atomic E-state index is 0.127. The second-order valence-electron chi connectivity index (χ2n) is 5.26. The normalized spacial score (nSPS) is 14.2. The lowest BCUT2D eigenvalue weighted by Crippen LogP contribution is -2.28. The first-order chi connectivity index (χ1) is 9.58. The molecule has 0 saturated heterocycles. The number of likely N-dealkylation sites (N-methyl/N-ethyl adjacent to an activating group) is 1. The zero-order valence-corrected chi connectivity index (χ0v) is 13.5. The molecule has 0 spiro atoms. The summed E-state index contributed by atoms with van der Waals surface area (Å²) in [7, 11) is 0. The van der Waals surface area contributed by atoms with Crippen molar-refractivity contribution in [1.29, 1.82) is 0 Å². The standard InChI is InChI=1S/C17H29NO2/c1-6-18-17(12-20-15(5)11-19-7-2)16-9-8-13(3)14(4)10-16/h8-10,15,17-18H,6-7,11-12H2,1-5H3. The molecule has 0 radical (unpaired) electrons. The van der Waals surface area contributed by atoms with E-state index in [1.807, 2.05) is 6.92 Å². The average Bonchev–Trinajstić information content (AvgIpc) is 2.44. The molecule has 0 bridgehead atoms. The molecule has 0 aromatic heterocycles. The zero-order valence-electron chi connectivity index (χ0n) is 13.5. The molecular formula is C17H29NO2. The van der Waals surface area contributed by atoms with Gasteiger partial charge < -0.3 is 14.8 Å². The van der Waals surface area contributed by atoms with Gasteiger partial charge in [0.15, 0.2) is 0 Å². The Balaban J connectivity index is 2.61. The topological polar surface area (TPSA) is 30.5 Å². The summed E-state index contributed by atoms with van der Waals surface area (Å²) in [5.74, 6) is 0. The van der Waals surface area contributed by atoms with Crippen molar-refractivity contribution in [2.75, 3.05) is 26.4 Å². The fourth-order valence-corrected chi connectivity index (χ4v) is 2.09. The van der Waals surface area contributed by atoms with Gasteiger partial charge in [-0.15, -0.1) is 0 Å². The predicted octanol–water partition coefficient (Wildman–Crippen LogP) is 3.40. The molecule has 0 saturated carbocycles. The Morgan fingerprint density at radius 3 is 2.45 bits per heavy atom. The highest BCUT2D eigenvalue weighted by Gasteiger charge is 2.13. The van der Waals surface area contributed by atoms with Crippen LogP contribution in [-0.2, 0) is 9.47 Å². The Hall–Kier alpha value is -0.900. The summed E-state index contributed by atoms with van der Waals surface area (Å²) in [5.41, 5.74) is 3.95. The van der Waals surface area contributed by atoms with Crippen LogP contribution < -0.4 is 5.32 Å². The minimum Gasteiger partial charge on any atom is -0.379 e. The summed E-state index contributed by atoms with van der Waals surface area (Å²) >= 11 is 0. The molecule has 3 heteroatoms. The van der Waals surface area contributed by atoms with E-state index in [2.05, 4.69) is 51.2 Å². The van der Waals surface area contributed by atoms with Gasteiger partial charge in [-0.05, 0) is 50.9 Å². The summed E-state index contributed by atoms with van der Waals surface area (Å²) in [6, 6.07) is 6.85. The molecule has 0 aliphatic carbocycles. The van der Waals surface area contributed by atoms with Crippen molar-refractivity contribution in [3.63, 3.8) is 0 Å². The van der Waals surface area contributed by atoms with E-state index in [1.165, 1.54) is 16.7 Å². The zero-order chi connectivity index (χ0) is 15.0. The third-order valence-electron chi connectivity index (χ3n) is 3.49. The summed E-state index contributed by atoms with van der Waals surface area (Å²) < 4.78 is 11.3. The van der Waals surface area contributed by atoms with E-state index in [1.54, 1.807) is 0 Å². The maximum absolute atomic E-state index is 5.90. The molecule has 1 aromatic carbocycles. The van der Waals surface area contributed by atoms with Gasteiger partial charge in [0.25, 0.3) is 0 Å². The molecular weight excluding hydrogens is 250 g/mol. The molecule has 0 aliphatic rings. The number of hydrogen-bond acceptors (Lipinski definition) is 3. The number of aryl methyl sites for hydroxylation is 2. The molecule has 114 valence electrons. The van der Waals surface area contributed by atoms with Crippen LogP contribution in [-0.4, -0.2) is 32.5 Å². The summed E-state index contributed by atoms with van der Waals surface area (Å²) in [5, 5.41) is 3.49. The van der Waals surface area contributed by atoms with Crippen molar-refractivity contribution < 1.29 is 9.47 Å². The van der Waals surface area contributed by atoms with Gasteiger partial charge in [-0.2, -0.15) is 0 Å². The largest absolute Gasteiger partial charge is 0.379 e. The molecule has 2 unspecified atom stereocenters. The van der Waals surface area contributed by atoms with Gasteiger partial charge in [0.05, 0.1) is 25.4 Å². The maximum Gasteiger partial charge on any atom is 0.0781 e. The van der Waals surface area contributed by atoms with E-state index < -0.39 is 0 Å². The molecule has 2 atom stereocenters. The van der Waals surface area contributed by atoms with Crippen LogP contribution >= 0.6 is 0 Å². The molecule has 1 N–H and O–H groups in total. The van der Waals surface area contributed by atoms with Crippen LogP contribution in [0.15, 0.2) is 18.2 Å². The van der Waals surface area contributed by atoms with Crippen LogP contribution in [0.25, 0.3) is 0 Å². The van der Waals surface area contributed by atoms with Crippen molar-refractivity contribution in [2.24, 2.45) is 0 Å². The van der Waals surface area contributed by atoms with Crippen LogP contribution in [0.4, 0.5) is 0 Å².